The van der Waals surface area contributed by atoms with Gasteiger partial charge in [-0.25, -0.2) is 0 Å². The van der Waals surface area contributed by atoms with E-state index < -0.39 is 0 Å². The Labute approximate surface area is 77.4 Å². The summed E-state index contributed by atoms with van der Waals surface area (Å²) in [4.78, 5) is 24.0. The number of amides is 2. The second-order valence-corrected chi connectivity index (χ2v) is 2.97. The normalized spacial score (nSPS) is 16.8. The lowest BCUT2D eigenvalue weighted by Crippen LogP contribution is -2.32. The molecule has 0 N–H and O–H groups in total. The Bertz CT molecular complexity index is 309. The van der Waals surface area contributed by atoms with Crippen LogP contribution in [0.4, 0.5) is 0 Å². The molecule has 1 heterocycles. The first-order chi connectivity index (χ1) is 6.09. The maximum Gasteiger partial charge on any atom is 0.256 e. The van der Waals surface area contributed by atoms with Gasteiger partial charge < -0.3 is 0 Å². The number of carbonyl (C=O) groups excluding carboxylic acids is 2. The third-order valence-electron chi connectivity index (χ3n) is 2.17. The van der Waals surface area contributed by atoms with Gasteiger partial charge in [-0.05, 0) is 13.8 Å². The first-order valence-corrected chi connectivity index (χ1v) is 4.06. The molecule has 13 heavy (non-hydrogen) atoms. The zero-order valence-electron chi connectivity index (χ0n) is 7.76. The monoisotopic (exact) mass is 177 g/mol. The van der Waals surface area contributed by atoms with Crippen LogP contribution in [0.5, 0.6) is 0 Å². The minimum absolute atomic E-state index is 0.210. The molecule has 0 unspecified atom stereocenters. The topological polar surface area (TPSA) is 37.4 Å². The summed E-state index contributed by atoms with van der Waals surface area (Å²) in [5.41, 5.74) is 1.06. The summed E-state index contributed by atoms with van der Waals surface area (Å²) in [7, 11) is 0. The van der Waals surface area contributed by atoms with E-state index in [1.165, 1.54) is 4.90 Å². The van der Waals surface area contributed by atoms with Crippen LogP contribution in [-0.2, 0) is 9.59 Å². The third kappa shape index (κ3) is 1.48. The molecule has 0 spiro atoms. The molecule has 0 radical (unpaired) electrons. The van der Waals surface area contributed by atoms with E-state index in [2.05, 4.69) is 5.92 Å². The van der Waals surface area contributed by atoms with Gasteiger partial charge in [0, 0.05) is 24.1 Å². The lowest BCUT2D eigenvalue weighted by molar-refractivity contribution is -0.137. The van der Waals surface area contributed by atoms with Crippen LogP contribution in [0.3, 0.4) is 0 Å². The molecule has 68 valence electrons. The fraction of sp³-hybridized carbons (Fsp3) is 0.400. The SMILES string of the molecule is C#CCCN1C(=O)C(C)=C(C)C1=O. The maximum atomic E-state index is 11.4. The molecular formula is C10H11NO2. The average molecular weight is 177 g/mol. The highest BCUT2D eigenvalue weighted by atomic mass is 16.2. The fourth-order valence-electron chi connectivity index (χ4n) is 1.20. The van der Waals surface area contributed by atoms with Crippen LogP contribution in [0.25, 0.3) is 0 Å². The van der Waals surface area contributed by atoms with Crippen molar-refractivity contribution in [3.8, 4) is 12.3 Å². The highest BCUT2D eigenvalue weighted by molar-refractivity contribution is 6.18. The van der Waals surface area contributed by atoms with Gasteiger partial charge in [-0.3, -0.25) is 14.5 Å². The van der Waals surface area contributed by atoms with E-state index in [0.717, 1.165) is 0 Å². The highest BCUT2D eigenvalue weighted by Crippen LogP contribution is 2.19. The number of hydrogen-bond donors (Lipinski definition) is 0. The summed E-state index contributed by atoms with van der Waals surface area (Å²) in [6, 6.07) is 0. The molecule has 0 saturated heterocycles. The Balaban J connectivity index is 2.80. The zero-order valence-corrected chi connectivity index (χ0v) is 7.76. The zero-order chi connectivity index (χ0) is 10.0. The van der Waals surface area contributed by atoms with Gasteiger partial charge in [0.25, 0.3) is 11.8 Å². The van der Waals surface area contributed by atoms with E-state index in [1.54, 1.807) is 13.8 Å². The van der Waals surface area contributed by atoms with Crippen LogP contribution >= 0.6 is 0 Å². The average Bonchev–Trinajstić information content (AvgIpc) is 2.30. The van der Waals surface area contributed by atoms with Crippen molar-refractivity contribution in [2.45, 2.75) is 20.3 Å². The van der Waals surface area contributed by atoms with Crippen LogP contribution in [0.15, 0.2) is 11.1 Å². The summed E-state index contributed by atoms with van der Waals surface area (Å²) >= 11 is 0. The molecule has 2 amide bonds. The van der Waals surface area contributed by atoms with E-state index in [0.29, 0.717) is 24.1 Å². The van der Waals surface area contributed by atoms with Crippen molar-refractivity contribution < 1.29 is 9.59 Å². The predicted molar refractivity (Wildman–Crippen MR) is 48.5 cm³/mol. The van der Waals surface area contributed by atoms with Crippen molar-refractivity contribution >= 4 is 11.8 Å². The quantitative estimate of drug-likeness (QED) is 0.460. The van der Waals surface area contributed by atoms with Crippen LogP contribution < -0.4 is 0 Å². The van der Waals surface area contributed by atoms with Crippen molar-refractivity contribution in [1.29, 1.82) is 0 Å². The molecule has 1 aliphatic rings. The number of hydrogen-bond acceptors (Lipinski definition) is 2. The minimum atomic E-state index is -0.210. The van der Waals surface area contributed by atoms with Crippen molar-refractivity contribution in [3.05, 3.63) is 11.1 Å². The standard InChI is InChI=1S/C10H11NO2/c1-4-5-6-11-9(12)7(2)8(3)10(11)13/h1H,5-6H2,2-3H3. The molecule has 3 heteroatoms. The third-order valence-corrected chi connectivity index (χ3v) is 2.17. The Morgan fingerprint density at radius 1 is 1.23 bits per heavy atom. The molecule has 0 aromatic carbocycles. The Morgan fingerprint density at radius 2 is 1.69 bits per heavy atom. The van der Waals surface area contributed by atoms with Gasteiger partial charge in [-0.1, -0.05) is 0 Å². The lowest BCUT2D eigenvalue weighted by atomic mass is 10.2. The molecule has 0 aromatic rings. The van der Waals surface area contributed by atoms with E-state index >= 15 is 0 Å². The van der Waals surface area contributed by atoms with Gasteiger partial charge in [0.05, 0.1) is 0 Å². The van der Waals surface area contributed by atoms with E-state index in [9.17, 15) is 9.59 Å². The molecule has 1 rings (SSSR count). The fourth-order valence-corrected chi connectivity index (χ4v) is 1.20. The molecular weight excluding hydrogens is 166 g/mol. The molecule has 0 bridgehead atoms. The second-order valence-electron chi connectivity index (χ2n) is 2.97. The number of terminal acetylenes is 1. The second kappa shape index (κ2) is 3.44. The molecule has 0 fully saturated rings. The molecule has 0 aliphatic carbocycles. The van der Waals surface area contributed by atoms with Crippen molar-refractivity contribution in [2.75, 3.05) is 6.54 Å². The number of rotatable bonds is 2. The van der Waals surface area contributed by atoms with Crippen molar-refractivity contribution in [1.82, 2.24) is 4.90 Å². The summed E-state index contributed by atoms with van der Waals surface area (Å²) in [6.07, 6.45) is 5.47. The predicted octanol–water partition coefficient (Wildman–Crippen LogP) is 0.715. The smallest absolute Gasteiger partial charge is 0.256 e. The van der Waals surface area contributed by atoms with Gasteiger partial charge in [0.15, 0.2) is 0 Å². The van der Waals surface area contributed by atoms with Crippen molar-refractivity contribution in [2.24, 2.45) is 0 Å². The molecule has 1 aliphatic heterocycles. The number of nitrogens with zero attached hydrogens (tertiary/aromatic N) is 1. The lowest BCUT2D eigenvalue weighted by Gasteiger charge is -2.12. The molecule has 0 saturated carbocycles. The van der Waals surface area contributed by atoms with Crippen LogP contribution in [-0.4, -0.2) is 23.3 Å². The number of carbonyl (C=O) groups is 2. The van der Waals surface area contributed by atoms with E-state index in [4.69, 9.17) is 6.42 Å². The van der Waals surface area contributed by atoms with Gasteiger partial charge in [-0.15, -0.1) is 12.3 Å². The Hall–Kier alpha value is -1.56. The largest absolute Gasteiger partial charge is 0.274 e. The Kier molecular flexibility index (Phi) is 2.52. The number of imide groups is 1. The molecule has 3 nitrogen and oxygen atoms in total. The van der Waals surface area contributed by atoms with Gasteiger partial charge in [0.2, 0.25) is 0 Å². The maximum absolute atomic E-state index is 11.4. The molecule has 0 aromatic heterocycles. The summed E-state index contributed by atoms with van der Waals surface area (Å²) in [5.74, 6) is 1.98. The van der Waals surface area contributed by atoms with E-state index in [1.807, 2.05) is 0 Å². The Morgan fingerprint density at radius 3 is 2.08 bits per heavy atom. The summed E-state index contributed by atoms with van der Waals surface area (Å²) < 4.78 is 0. The van der Waals surface area contributed by atoms with Crippen LogP contribution in [0.2, 0.25) is 0 Å². The highest BCUT2D eigenvalue weighted by Gasteiger charge is 2.32. The summed E-state index contributed by atoms with van der Waals surface area (Å²) in [5, 5.41) is 0. The van der Waals surface area contributed by atoms with Gasteiger partial charge in [-0.2, -0.15) is 0 Å². The van der Waals surface area contributed by atoms with Crippen molar-refractivity contribution in [3.63, 3.8) is 0 Å². The first kappa shape index (κ1) is 9.53. The summed E-state index contributed by atoms with van der Waals surface area (Å²) in [6.45, 7) is 3.64. The van der Waals surface area contributed by atoms with Crippen LogP contribution in [0, 0.1) is 12.3 Å². The molecule has 0 atom stereocenters. The minimum Gasteiger partial charge on any atom is -0.274 e. The van der Waals surface area contributed by atoms with Gasteiger partial charge in [0.1, 0.15) is 0 Å². The van der Waals surface area contributed by atoms with Crippen LogP contribution in [0.1, 0.15) is 20.3 Å². The van der Waals surface area contributed by atoms with E-state index in [-0.39, 0.29) is 11.8 Å². The first-order valence-electron chi connectivity index (χ1n) is 4.06. The van der Waals surface area contributed by atoms with Gasteiger partial charge >= 0.3 is 0 Å².